The van der Waals surface area contributed by atoms with Gasteiger partial charge in [-0.15, -0.1) is 5.10 Å². The number of aliphatic carboxylic acids is 1. The van der Waals surface area contributed by atoms with Gasteiger partial charge in [0.1, 0.15) is 11.1 Å². The minimum Gasteiger partial charge on any atom is -0.481 e. The fourth-order valence-corrected chi connectivity index (χ4v) is 2.52. The van der Waals surface area contributed by atoms with Crippen molar-refractivity contribution in [2.45, 2.75) is 18.6 Å². The molecule has 0 aliphatic carbocycles. The number of nitrogens with one attached hydrogen (secondary N) is 1. The van der Waals surface area contributed by atoms with Crippen molar-refractivity contribution in [2.75, 3.05) is 0 Å². The standard InChI is InChI=1S/C13H12FN3O3S/c1-7(8-2-4-9(14)5-3-8)16-17-13-15-12(20)10(21-13)6-11(18)19/h2-5,10H,6H2,1H3,(H,18,19)(H,15,17,20)/b16-7-/t10-/m0/s1. The molecule has 1 amide bonds. The van der Waals surface area contributed by atoms with Gasteiger partial charge in [-0.3, -0.25) is 9.59 Å². The fraction of sp³-hybridized carbons (Fsp3) is 0.231. The van der Waals surface area contributed by atoms with Gasteiger partial charge in [0, 0.05) is 0 Å². The second-order valence-electron chi connectivity index (χ2n) is 4.29. The molecule has 1 fully saturated rings. The number of halogens is 1. The van der Waals surface area contributed by atoms with Gasteiger partial charge < -0.3 is 10.4 Å². The van der Waals surface area contributed by atoms with Crippen molar-refractivity contribution >= 4 is 34.5 Å². The number of rotatable bonds is 4. The maximum atomic E-state index is 12.8. The molecule has 1 saturated heterocycles. The summed E-state index contributed by atoms with van der Waals surface area (Å²) in [7, 11) is 0. The number of carbonyl (C=O) groups is 2. The van der Waals surface area contributed by atoms with E-state index in [-0.39, 0.29) is 17.4 Å². The first-order valence-electron chi connectivity index (χ1n) is 6.03. The summed E-state index contributed by atoms with van der Waals surface area (Å²) in [5, 5.41) is 18.5. The van der Waals surface area contributed by atoms with E-state index in [0.29, 0.717) is 11.3 Å². The Morgan fingerprint density at radius 3 is 2.71 bits per heavy atom. The lowest BCUT2D eigenvalue weighted by atomic mass is 10.1. The minimum absolute atomic E-state index is 0.257. The summed E-state index contributed by atoms with van der Waals surface area (Å²) in [6, 6.07) is 5.77. The van der Waals surface area contributed by atoms with E-state index >= 15 is 0 Å². The molecule has 2 rings (SSSR count). The highest BCUT2D eigenvalue weighted by Crippen LogP contribution is 2.22. The topological polar surface area (TPSA) is 91.1 Å². The molecule has 0 unspecified atom stereocenters. The molecule has 1 aliphatic heterocycles. The predicted octanol–water partition coefficient (Wildman–Crippen LogP) is 1.61. The number of hydrogen-bond acceptors (Lipinski definition) is 5. The predicted molar refractivity (Wildman–Crippen MR) is 77.8 cm³/mol. The molecule has 8 heteroatoms. The molecule has 0 saturated carbocycles. The second kappa shape index (κ2) is 6.49. The molecule has 1 aliphatic rings. The molecule has 21 heavy (non-hydrogen) atoms. The first-order chi connectivity index (χ1) is 9.95. The smallest absolute Gasteiger partial charge is 0.305 e. The average Bonchev–Trinajstić information content (AvgIpc) is 2.77. The van der Waals surface area contributed by atoms with Crippen molar-refractivity contribution in [1.29, 1.82) is 0 Å². The van der Waals surface area contributed by atoms with Gasteiger partial charge in [-0.1, -0.05) is 23.9 Å². The lowest BCUT2D eigenvalue weighted by molar-refractivity contribution is -0.138. The molecular formula is C13H12FN3O3S. The van der Waals surface area contributed by atoms with Gasteiger partial charge in [-0.05, 0) is 24.6 Å². The van der Waals surface area contributed by atoms with Crippen molar-refractivity contribution in [1.82, 2.24) is 5.32 Å². The molecule has 1 aromatic carbocycles. The van der Waals surface area contributed by atoms with Crippen LogP contribution < -0.4 is 5.32 Å². The SMILES string of the molecule is C/C(=N/N=C1\NC(=O)[C@H](CC(=O)O)S1)c1ccc(F)cc1. The average molecular weight is 309 g/mol. The monoisotopic (exact) mass is 309 g/mol. The van der Waals surface area contributed by atoms with Crippen LogP contribution in [0.3, 0.4) is 0 Å². The summed E-state index contributed by atoms with van der Waals surface area (Å²) in [6.07, 6.45) is -0.268. The van der Waals surface area contributed by atoms with Crippen LogP contribution in [0.5, 0.6) is 0 Å². The molecule has 6 nitrogen and oxygen atoms in total. The van der Waals surface area contributed by atoms with Crippen molar-refractivity contribution in [3.63, 3.8) is 0 Å². The first-order valence-corrected chi connectivity index (χ1v) is 6.91. The molecule has 0 radical (unpaired) electrons. The van der Waals surface area contributed by atoms with Crippen LogP contribution in [0.2, 0.25) is 0 Å². The van der Waals surface area contributed by atoms with E-state index in [0.717, 1.165) is 11.8 Å². The van der Waals surface area contributed by atoms with Crippen molar-refractivity contribution in [3.8, 4) is 0 Å². The summed E-state index contributed by atoms with van der Waals surface area (Å²) >= 11 is 1.03. The van der Waals surface area contributed by atoms with Crippen LogP contribution in [0.15, 0.2) is 34.5 Å². The zero-order valence-corrected chi connectivity index (χ0v) is 11.9. The van der Waals surface area contributed by atoms with Crippen LogP contribution in [0.1, 0.15) is 18.9 Å². The summed E-state index contributed by atoms with van der Waals surface area (Å²) in [5.41, 5.74) is 1.26. The molecule has 110 valence electrons. The summed E-state index contributed by atoms with van der Waals surface area (Å²) < 4.78 is 12.8. The van der Waals surface area contributed by atoms with Gasteiger partial charge >= 0.3 is 5.97 Å². The van der Waals surface area contributed by atoms with Crippen LogP contribution in [-0.4, -0.2) is 33.1 Å². The zero-order valence-electron chi connectivity index (χ0n) is 11.0. The van der Waals surface area contributed by atoms with Crippen molar-refractivity contribution in [3.05, 3.63) is 35.6 Å². The molecule has 0 aromatic heterocycles. The number of thioether (sulfide) groups is 1. The Morgan fingerprint density at radius 2 is 2.10 bits per heavy atom. The number of amides is 1. The Kier molecular flexibility index (Phi) is 4.69. The number of nitrogens with zero attached hydrogens (tertiary/aromatic N) is 2. The summed E-state index contributed by atoms with van der Waals surface area (Å²) in [6.45, 7) is 1.70. The molecule has 0 spiro atoms. The van der Waals surface area contributed by atoms with E-state index in [1.165, 1.54) is 12.1 Å². The third-order valence-electron chi connectivity index (χ3n) is 2.69. The van der Waals surface area contributed by atoms with Gasteiger partial charge in [0.05, 0.1) is 12.1 Å². The number of amidine groups is 1. The second-order valence-corrected chi connectivity index (χ2v) is 5.48. The largest absolute Gasteiger partial charge is 0.481 e. The Bertz CT molecular complexity index is 628. The first kappa shape index (κ1) is 15.2. The zero-order chi connectivity index (χ0) is 15.4. The van der Waals surface area contributed by atoms with Crippen LogP contribution in [-0.2, 0) is 9.59 Å². The molecule has 1 aromatic rings. The molecule has 0 bridgehead atoms. The van der Waals surface area contributed by atoms with Crippen LogP contribution in [0.4, 0.5) is 4.39 Å². The Hall–Kier alpha value is -2.22. The molecular weight excluding hydrogens is 297 g/mol. The summed E-state index contributed by atoms with van der Waals surface area (Å²) in [5.74, 6) is -1.78. The Morgan fingerprint density at radius 1 is 1.43 bits per heavy atom. The normalized spacial score (nSPS) is 20.7. The van der Waals surface area contributed by atoms with Crippen LogP contribution in [0.25, 0.3) is 0 Å². The Labute approximate surface area is 124 Å². The molecule has 1 atom stereocenters. The quantitative estimate of drug-likeness (QED) is 0.653. The number of carboxylic acids is 1. The van der Waals surface area contributed by atoms with Crippen molar-refractivity contribution in [2.24, 2.45) is 10.2 Å². The molecule has 2 N–H and O–H groups in total. The van der Waals surface area contributed by atoms with E-state index in [9.17, 15) is 14.0 Å². The van der Waals surface area contributed by atoms with E-state index in [4.69, 9.17) is 5.11 Å². The van der Waals surface area contributed by atoms with Crippen molar-refractivity contribution < 1.29 is 19.1 Å². The van der Waals surface area contributed by atoms with E-state index in [2.05, 4.69) is 15.5 Å². The van der Waals surface area contributed by atoms with E-state index in [1.807, 2.05) is 0 Å². The van der Waals surface area contributed by atoms with E-state index < -0.39 is 17.1 Å². The van der Waals surface area contributed by atoms with Gasteiger partial charge in [0.15, 0.2) is 5.17 Å². The number of carboxylic acid groups (broad SMARTS) is 1. The van der Waals surface area contributed by atoms with E-state index in [1.54, 1.807) is 19.1 Å². The molecule has 1 heterocycles. The van der Waals surface area contributed by atoms with Gasteiger partial charge in [0.2, 0.25) is 5.91 Å². The summed E-state index contributed by atoms with van der Waals surface area (Å²) in [4.78, 5) is 22.1. The minimum atomic E-state index is -1.05. The highest BCUT2D eigenvalue weighted by atomic mass is 32.2. The maximum absolute atomic E-state index is 12.8. The number of hydrogen-bond donors (Lipinski definition) is 2. The van der Waals surface area contributed by atoms with Gasteiger partial charge in [0.25, 0.3) is 0 Å². The van der Waals surface area contributed by atoms with Gasteiger partial charge in [-0.25, -0.2) is 4.39 Å². The lowest BCUT2D eigenvalue weighted by Crippen LogP contribution is -2.26. The highest BCUT2D eigenvalue weighted by molar-refractivity contribution is 8.15. The maximum Gasteiger partial charge on any atom is 0.305 e. The van der Waals surface area contributed by atoms with Crippen LogP contribution >= 0.6 is 11.8 Å². The van der Waals surface area contributed by atoms with Crippen LogP contribution in [0, 0.1) is 5.82 Å². The third-order valence-corrected chi connectivity index (χ3v) is 3.76. The highest BCUT2D eigenvalue weighted by Gasteiger charge is 2.32. The third kappa shape index (κ3) is 4.12. The number of carbonyl (C=O) groups excluding carboxylic acids is 1. The number of benzene rings is 1. The fourth-order valence-electron chi connectivity index (χ4n) is 1.61. The lowest BCUT2D eigenvalue weighted by Gasteiger charge is -1.99. The van der Waals surface area contributed by atoms with Gasteiger partial charge in [-0.2, -0.15) is 5.10 Å². The Balaban J connectivity index is 2.07.